The van der Waals surface area contributed by atoms with Gasteiger partial charge in [-0.3, -0.25) is 9.69 Å². The SMILES string of the molecule is CC(C)=CCC/C(C)=C/CC/C(C)=C/CN1CCN(C(=O)c2ccco2)CC1. The standard InChI is InChI=1S/C24H36N2O2/c1-20(2)8-5-9-21(3)10-6-11-22(4)13-14-25-15-17-26(18-16-25)24(27)23-12-7-19-28-23/h7-8,10,12-13,19H,5-6,9,11,14-18H2,1-4H3/b21-10+,22-13+. The third-order valence-electron chi connectivity index (χ3n) is 5.21. The molecule has 0 saturated carbocycles. The van der Waals surface area contributed by atoms with Crippen molar-refractivity contribution in [2.45, 2.75) is 53.4 Å². The smallest absolute Gasteiger partial charge is 0.289 e. The fraction of sp³-hybridized carbons (Fsp3) is 0.542. The number of nitrogens with zero attached hydrogens (tertiary/aromatic N) is 2. The van der Waals surface area contributed by atoms with E-state index in [2.05, 4.69) is 50.8 Å². The van der Waals surface area contributed by atoms with Gasteiger partial charge in [-0.2, -0.15) is 0 Å². The van der Waals surface area contributed by atoms with Crippen LogP contribution in [0.15, 0.2) is 57.8 Å². The maximum Gasteiger partial charge on any atom is 0.289 e. The van der Waals surface area contributed by atoms with E-state index in [1.54, 1.807) is 18.4 Å². The van der Waals surface area contributed by atoms with Gasteiger partial charge in [0, 0.05) is 32.7 Å². The fourth-order valence-electron chi connectivity index (χ4n) is 3.31. The van der Waals surface area contributed by atoms with Crippen molar-refractivity contribution in [2.24, 2.45) is 0 Å². The Morgan fingerprint density at radius 2 is 1.61 bits per heavy atom. The van der Waals surface area contributed by atoms with Gasteiger partial charge in [0.15, 0.2) is 5.76 Å². The lowest BCUT2D eigenvalue weighted by molar-refractivity contribution is 0.0618. The molecule has 0 spiro atoms. The molecule has 1 aromatic rings. The van der Waals surface area contributed by atoms with Gasteiger partial charge >= 0.3 is 0 Å². The Morgan fingerprint density at radius 3 is 2.21 bits per heavy atom. The number of allylic oxidation sites excluding steroid dienone is 5. The van der Waals surface area contributed by atoms with Gasteiger partial charge < -0.3 is 9.32 Å². The highest BCUT2D eigenvalue weighted by Crippen LogP contribution is 2.13. The third kappa shape index (κ3) is 7.89. The van der Waals surface area contributed by atoms with Crippen LogP contribution >= 0.6 is 0 Å². The van der Waals surface area contributed by atoms with Crippen molar-refractivity contribution in [3.63, 3.8) is 0 Å². The highest BCUT2D eigenvalue weighted by atomic mass is 16.3. The number of hydrogen-bond acceptors (Lipinski definition) is 3. The van der Waals surface area contributed by atoms with Crippen LogP contribution in [-0.4, -0.2) is 48.4 Å². The van der Waals surface area contributed by atoms with Crippen molar-refractivity contribution in [1.82, 2.24) is 9.80 Å². The second-order valence-corrected chi connectivity index (χ2v) is 8.03. The van der Waals surface area contributed by atoms with E-state index in [0.29, 0.717) is 5.76 Å². The molecule has 1 fully saturated rings. The predicted molar refractivity (Wildman–Crippen MR) is 116 cm³/mol. The highest BCUT2D eigenvalue weighted by molar-refractivity contribution is 5.91. The van der Waals surface area contributed by atoms with E-state index in [9.17, 15) is 4.79 Å². The van der Waals surface area contributed by atoms with Crippen molar-refractivity contribution < 1.29 is 9.21 Å². The molecule has 0 atom stereocenters. The summed E-state index contributed by atoms with van der Waals surface area (Å²) in [5.74, 6) is 0.441. The summed E-state index contributed by atoms with van der Waals surface area (Å²) in [4.78, 5) is 16.6. The van der Waals surface area contributed by atoms with Gasteiger partial charge in [0.05, 0.1) is 6.26 Å². The molecule has 0 aliphatic carbocycles. The fourth-order valence-corrected chi connectivity index (χ4v) is 3.31. The van der Waals surface area contributed by atoms with Crippen LogP contribution < -0.4 is 0 Å². The Hall–Kier alpha value is -2.07. The Balaban J connectivity index is 1.65. The molecule has 0 N–H and O–H groups in total. The zero-order valence-corrected chi connectivity index (χ0v) is 18.0. The molecule has 1 aromatic heterocycles. The summed E-state index contributed by atoms with van der Waals surface area (Å²) in [7, 11) is 0. The van der Waals surface area contributed by atoms with Gasteiger partial charge in [0.1, 0.15) is 0 Å². The maximum absolute atomic E-state index is 12.3. The summed E-state index contributed by atoms with van der Waals surface area (Å²) < 4.78 is 5.22. The van der Waals surface area contributed by atoms with E-state index in [-0.39, 0.29) is 5.91 Å². The first-order chi connectivity index (χ1) is 13.5. The van der Waals surface area contributed by atoms with Crippen molar-refractivity contribution in [3.05, 3.63) is 59.1 Å². The molecule has 0 unspecified atom stereocenters. The molecule has 1 aliphatic rings. The normalized spacial score (nSPS) is 16.4. The zero-order chi connectivity index (χ0) is 20.4. The quantitative estimate of drug-likeness (QED) is 0.531. The summed E-state index contributed by atoms with van der Waals surface area (Å²) in [6.45, 7) is 13.1. The van der Waals surface area contributed by atoms with Gasteiger partial charge in [0.2, 0.25) is 0 Å². The van der Waals surface area contributed by atoms with Crippen LogP contribution in [0.4, 0.5) is 0 Å². The summed E-state index contributed by atoms with van der Waals surface area (Å²) in [5.41, 5.74) is 4.34. The number of rotatable bonds is 9. The minimum absolute atomic E-state index is 0.00289. The minimum Gasteiger partial charge on any atom is -0.459 e. The average molecular weight is 385 g/mol. The minimum atomic E-state index is 0.00289. The molecule has 0 aromatic carbocycles. The summed E-state index contributed by atoms with van der Waals surface area (Å²) in [6.07, 6.45) is 13.1. The lowest BCUT2D eigenvalue weighted by atomic mass is 10.1. The van der Waals surface area contributed by atoms with Gasteiger partial charge in [-0.25, -0.2) is 0 Å². The topological polar surface area (TPSA) is 36.7 Å². The molecule has 154 valence electrons. The van der Waals surface area contributed by atoms with Gasteiger partial charge in [-0.15, -0.1) is 0 Å². The largest absolute Gasteiger partial charge is 0.459 e. The summed E-state index contributed by atoms with van der Waals surface area (Å²) in [6, 6.07) is 3.50. The van der Waals surface area contributed by atoms with Crippen LogP contribution in [0.5, 0.6) is 0 Å². The van der Waals surface area contributed by atoms with E-state index in [1.165, 1.54) is 16.7 Å². The lowest BCUT2D eigenvalue weighted by Gasteiger charge is -2.33. The maximum atomic E-state index is 12.3. The Labute approximate surface area is 170 Å². The second-order valence-electron chi connectivity index (χ2n) is 8.03. The van der Waals surface area contributed by atoms with Crippen LogP contribution in [0, 0.1) is 0 Å². The monoisotopic (exact) mass is 384 g/mol. The van der Waals surface area contributed by atoms with E-state index in [0.717, 1.165) is 58.4 Å². The highest BCUT2D eigenvalue weighted by Gasteiger charge is 2.22. The Morgan fingerprint density at radius 1 is 0.964 bits per heavy atom. The molecular weight excluding hydrogens is 348 g/mol. The molecule has 1 aliphatic heterocycles. The van der Waals surface area contributed by atoms with E-state index >= 15 is 0 Å². The first-order valence-corrected chi connectivity index (χ1v) is 10.5. The first-order valence-electron chi connectivity index (χ1n) is 10.5. The molecule has 0 radical (unpaired) electrons. The molecule has 4 nitrogen and oxygen atoms in total. The van der Waals surface area contributed by atoms with Gasteiger partial charge in [-0.1, -0.05) is 34.9 Å². The third-order valence-corrected chi connectivity index (χ3v) is 5.21. The van der Waals surface area contributed by atoms with Crippen molar-refractivity contribution >= 4 is 5.91 Å². The van der Waals surface area contributed by atoms with Crippen LogP contribution in [-0.2, 0) is 0 Å². The number of furan rings is 1. The van der Waals surface area contributed by atoms with Crippen molar-refractivity contribution in [1.29, 1.82) is 0 Å². The molecule has 2 heterocycles. The van der Waals surface area contributed by atoms with Crippen LogP contribution in [0.3, 0.4) is 0 Å². The van der Waals surface area contributed by atoms with Crippen LogP contribution in [0.2, 0.25) is 0 Å². The molecule has 4 heteroatoms. The summed E-state index contributed by atoms with van der Waals surface area (Å²) >= 11 is 0. The van der Waals surface area contributed by atoms with Crippen molar-refractivity contribution in [3.8, 4) is 0 Å². The lowest BCUT2D eigenvalue weighted by Crippen LogP contribution is -2.48. The predicted octanol–water partition coefficient (Wildman–Crippen LogP) is 5.46. The molecule has 0 bridgehead atoms. The van der Waals surface area contributed by atoms with Gasteiger partial charge in [-0.05, 0) is 65.5 Å². The number of carbonyl (C=O) groups is 1. The zero-order valence-electron chi connectivity index (χ0n) is 18.0. The molecule has 28 heavy (non-hydrogen) atoms. The Bertz CT molecular complexity index is 686. The first kappa shape index (κ1) is 22.2. The number of amides is 1. The second kappa shape index (κ2) is 11.7. The van der Waals surface area contributed by atoms with Crippen LogP contribution in [0.1, 0.15) is 63.9 Å². The van der Waals surface area contributed by atoms with Gasteiger partial charge in [0.25, 0.3) is 5.91 Å². The van der Waals surface area contributed by atoms with E-state index in [1.807, 2.05) is 4.90 Å². The van der Waals surface area contributed by atoms with Crippen molar-refractivity contribution in [2.75, 3.05) is 32.7 Å². The van der Waals surface area contributed by atoms with E-state index in [4.69, 9.17) is 4.42 Å². The molecule has 2 rings (SSSR count). The van der Waals surface area contributed by atoms with Crippen LogP contribution in [0.25, 0.3) is 0 Å². The molecular formula is C24H36N2O2. The number of carbonyl (C=O) groups excluding carboxylic acids is 1. The Kier molecular flexibility index (Phi) is 9.29. The molecule has 1 saturated heterocycles. The van der Waals surface area contributed by atoms with E-state index < -0.39 is 0 Å². The number of piperazine rings is 1. The summed E-state index contributed by atoms with van der Waals surface area (Å²) in [5, 5.41) is 0. The number of hydrogen-bond donors (Lipinski definition) is 0. The average Bonchev–Trinajstić information content (AvgIpc) is 3.20. The molecule has 1 amide bonds.